The van der Waals surface area contributed by atoms with Crippen LogP contribution < -0.4 is 0 Å². The molecule has 1 saturated carbocycles. The van der Waals surface area contributed by atoms with Gasteiger partial charge >= 0.3 is 0 Å². The highest BCUT2D eigenvalue weighted by molar-refractivity contribution is 5.79. The molecule has 0 radical (unpaired) electrons. The van der Waals surface area contributed by atoms with Crippen LogP contribution >= 0.6 is 0 Å². The Morgan fingerprint density at radius 1 is 1.58 bits per heavy atom. The second-order valence-corrected chi connectivity index (χ2v) is 3.55. The van der Waals surface area contributed by atoms with E-state index in [2.05, 4.69) is 6.07 Å². The lowest BCUT2D eigenvalue weighted by atomic mass is 9.85. The van der Waals surface area contributed by atoms with Gasteiger partial charge in [-0.2, -0.15) is 5.26 Å². The summed E-state index contributed by atoms with van der Waals surface area (Å²) >= 11 is 0. The summed E-state index contributed by atoms with van der Waals surface area (Å²) in [7, 11) is 0. The molecule has 0 aromatic carbocycles. The Bertz CT molecular complexity index is 193. The van der Waals surface area contributed by atoms with Gasteiger partial charge in [-0.3, -0.25) is 4.79 Å². The number of carbonyl (C=O) groups is 1. The fraction of sp³-hybridized carbons (Fsp3) is 0.800. The van der Waals surface area contributed by atoms with Crippen molar-refractivity contribution in [1.29, 1.82) is 5.26 Å². The molecule has 1 aliphatic carbocycles. The summed E-state index contributed by atoms with van der Waals surface area (Å²) in [6, 6.07) is 2.13. The van der Waals surface area contributed by atoms with Crippen LogP contribution in [0.15, 0.2) is 0 Å². The van der Waals surface area contributed by atoms with Crippen LogP contribution in [0.1, 0.15) is 44.9 Å². The van der Waals surface area contributed by atoms with E-state index in [9.17, 15) is 4.79 Å². The number of Topliss-reactive ketones (excluding diaryl/α,β-unsaturated/α-hetero) is 1. The number of hydrogen-bond acceptors (Lipinski definition) is 2. The van der Waals surface area contributed by atoms with Crippen molar-refractivity contribution in [2.24, 2.45) is 5.92 Å². The zero-order chi connectivity index (χ0) is 8.81. The third-order valence-electron chi connectivity index (χ3n) is 2.49. The third-order valence-corrected chi connectivity index (χ3v) is 2.49. The van der Waals surface area contributed by atoms with E-state index < -0.39 is 0 Å². The molecule has 0 spiro atoms. The highest BCUT2D eigenvalue weighted by Gasteiger charge is 2.18. The largest absolute Gasteiger partial charge is 0.300 e. The number of nitrogens with zero attached hydrogens (tertiary/aromatic N) is 1. The second kappa shape index (κ2) is 4.92. The Morgan fingerprint density at radius 2 is 2.42 bits per heavy atom. The molecule has 0 heterocycles. The molecule has 1 fully saturated rings. The predicted octanol–water partition coefficient (Wildman–Crippen LogP) is 2.44. The summed E-state index contributed by atoms with van der Waals surface area (Å²) in [5.41, 5.74) is 0. The fourth-order valence-corrected chi connectivity index (χ4v) is 1.83. The number of unbranched alkanes of at least 4 members (excludes halogenated alkanes) is 1. The first-order chi connectivity index (χ1) is 5.83. The summed E-state index contributed by atoms with van der Waals surface area (Å²) in [6.45, 7) is 0. The van der Waals surface area contributed by atoms with Crippen LogP contribution in [-0.4, -0.2) is 5.78 Å². The van der Waals surface area contributed by atoms with E-state index in [4.69, 9.17) is 5.26 Å². The minimum Gasteiger partial charge on any atom is -0.300 e. The maximum Gasteiger partial charge on any atom is 0.133 e. The summed E-state index contributed by atoms with van der Waals surface area (Å²) in [5, 5.41) is 8.33. The Hall–Kier alpha value is -0.840. The van der Waals surface area contributed by atoms with Crippen LogP contribution in [0.3, 0.4) is 0 Å². The summed E-state index contributed by atoms with van der Waals surface area (Å²) in [4.78, 5) is 11.0. The normalized spacial score (nSPS) is 23.6. The molecule has 1 aliphatic rings. The zero-order valence-corrected chi connectivity index (χ0v) is 7.38. The van der Waals surface area contributed by atoms with Crippen LogP contribution in [0.5, 0.6) is 0 Å². The van der Waals surface area contributed by atoms with Gasteiger partial charge in [-0.05, 0) is 31.6 Å². The lowest BCUT2D eigenvalue weighted by Crippen LogP contribution is -2.14. The van der Waals surface area contributed by atoms with Crippen molar-refractivity contribution in [2.45, 2.75) is 44.9 Å². The average molecular weight is 165 g/mol. The molecule has 0 aliphatic heterocycles. The van der Waals surface area contributed by atoms with Crippen molar-refractivity contribution in [3.8, 4) is 6.07 Å². The second-order valence-electron chi connectivity index (χ2n) is 3.55. The van der Waals surface area contributed by atoms with Gasteiger partial charge < -0.3 is 0 Å². The number of ketones is 1. The molecule has 0 unspecified atom stereocenters. The lowest BCUT2D eigenvalue weighted by molar-refractivity contribution is -0.121. The smallest absolute Gasteiger partial charge is 0.133 e. The Kier molecular flexibility index (Phi) is 3.79. The van der Waals surface area contributed by atoms with Gasteiger partial charge in [0.2, 0.25) is 0 Å². The number of nitriles is 1. The highest BCUT2D eigenvalue weighted by Crippen LogP contribution is 2.25. The van der Waals surface area contributed by atoms with E-state index >= 15 is 0 Å². The third kappa shape index (κ3) is 3.04. The van der Waals surface area contributed by atoms with Crippen LogP contribution in [0.4, 0.5) is 0 Å². The van der Waals surface area contributed by atoms with Crippen molar-refractivity contribution < 1.29 is 4.79 Å². The topological polar surface area (TPSA) is 40.9 Å². The first-order valence-corrected chi connectivity index (χ1v) is 4.71. The minimum atomic E-state index is 0.420. The predicted molar refractivity (Wildman–Crippen MR) is 46.4 cm³/mol. The zero-order valence-electron chi connectivity index (χ0n) is 7.38. The van der Waals surface area contributed by atoms with Gasteiger partial charge in [-0.15, -0.1) is 0 Å². The molecule has 1 atom stereocenters. The van der Waals surface area contributed by atoms with Gasteiger partial charge in [-0.1, -0.05) is 0 Å². The number of rotatable bonds is 3. The molecule has 0 amide bonds. The van der Waals surface area contributed by atoms with Crippen LogP contribution in [0.25, 0.3) is 0 Å². The van der Waals surface area contributed by atoms with E-state index in [0.717, 1.165) is 32.1 Å². The monoisotopic (exact) mass is 165 g/mol. The van der Waals surface area contributed by atoms with Crippen LogP contribution in [-0.2, 0) is 4.79 Å². The quantitative estimate of drug-likeness (QED) is 0.602. The molecule has 12 heavy (non-hydrogen) atoms. The molecule has 2 heteroatoms. The summed E-state index contributed by atoms with van der Waals surface area (Å²) in [5.74, 6) is 1.00. The SMILES string of the molecule is N#CCCC[C@@H]1CCCC(=O)C1. The van der Waals surface area contributed by atoms with E-state index in [1.165, 1.54) is 6.42 Å². The molecule has 0 saturated heterocycles. The van der Waals surface area contributed by atoms with Gasteiger partial charge in [-0.25, -0.2) is 0 Å². The molecule has 0 N–H and O–H groups in total. The molecule has 0 aromatic heterocycles. The summed E-state index contributed by atoms with van der Waals surface area (Å²) < 4.78 is 0. The van der Waals surface area contributed by atoms with Gasteiger partial charge in [0.1, 0.15) is 5.78 Å². The van der Waals surface area contributed by atoms with Crippen molar-refractivity contribution in [3.63, 3.8) is 0 Å². The van der Waals surface area contributed by atoms with Crippen LogP contribution in [0.2, 0.25) is 0 Å². The van der Waals surface area contributed by atoms with Gasteiger partial charge in [0.05, 0.1) is 6.07 Å². The Morgan fingerprint density at radius 3 is 3.08 bits per heavy atom. The molecule has 1 rings (SSSR count). The average Bonchev–Trinajstić information content (AvgIpc) is 2.05. The first kappa shape index (κ1) is 9.25. The van der Waals surface area contributed by atoms with Crippen LogP contribution in [0, 0.1) is 17.2 Å². The molecule has 66 valence electrons. The van der Waals surface area contributed by atoms with Crippen molar-refractivity contribution in [3.05, 3.63) is 0 Å². The highest BCUT2D eigenvalue weighted by atomic mass is 16.1. The van der Waals surface area contributed by atoms with E-state index in [1.54, 1.807) is 0 Å². The van der Waals surface area contributed by atoms with Crippen molar-refractivity contribution in [2.75, 3.05) is 0 Å². The standard InChI is InChI=1S/C10H15NO/c11-7-2-1-4-9-5-3-6-10(12)8-9/h9H,1-6,8H2/t9-/m1/s1. The maximum absolute atomic E-state index is 11.0. The van der Waals surface area contributed by atoms with Crippen molar-refractivity contribution >= 4 is 5.78 Å². The van der Waals surface area contributed by atoms with E-state index in [1.807, 2.05) is 0 Å². The van der Waals surface area contributed by atoms with Gasteiger partial charge in [0, 0.05) is 19.3 Å². The van der Waals surface area contributed by atoms with Crippen molar-refractivity contribution in [1.82, 2.24) is 0 Å². The lowest BCUT2D eigenvalue weighted by Gasteiger charge is -2.19. The maximum atomic E-state index is 11.0. The molecular weight excluding hydrogens is 150 g/mol. The molecule has 2 nitrogen and oxygen atoms in total. The Labute approximate surface area is 73.6 Å². The molecule has 0 bridgehead atoms. The van der Waals surface area contributed by atoms with Gasteiger partial charge in [0.25, 0.3) is 0 Å². The number of carbonyl (C=O) groups excluding carboxylic acids is 1. The molecular formula is C10H15NO. The fourth-order valence-electron chi connectivity index (χ4n) is 1.83. The minimum absolute atomic E-state index is 0.420. The Balaban J connectivity index is 2.15. The first-order valence-electron chi connectivity index (χ1n) is 4.71. The molecule has 0 aromatic rings. The summed E-state index contributed by atoms with van der Waals surface area (Å²) in [6.07, 6.45) is 6.49. The van der Waals surface area contributed by atoms with Gasteiger partial charge in [0.15, 0.2) is 0 Å². The number of hydrogen-bond donors (Lipinski definition) is 0. The van der Waals surface area contributed by atoms with E-state index in [-0.39, 0.29) is 0 Å². The van der Waals surface area contributed by atoms with E-state index in [0.29, 0.717) is 18.1 Å².